The minimum absolute atomic E-state index is 0.127. The number of hydrogen-bond donors (Lipinski definition) is 0. The Morgan fingerprint density at radius 3 is 2.67 bits per heavy atom. The molecular weight excluding hydrogens is 432 g/mol. The third-order valence-corrected chi connectivity index (χ3v) is 6.79. The maximum absolute atomic E-state index is 13.4. The standard InChI is InChI=1S/C19H21BrN2O4S/c1-3-10-22(17-7-5-4-6-16(17)20)27(24,25)15-8-9-19-18(13-15)21(14(2)23)11-12-26-19/h4-9,13H,3,10-12H2,1-2H3. The topological polar surface area (TPSA) is 66.9 Å². The molecule has 1 heterocycles. The second-order valence-electron chi connectivity index (χ2n) is 6.18. The molecule has 1 aliphatic rings. The number of nitrogens with zero attached hydrogens (tertiary/aromatic N) is 2. The van der Waals surface area contributed by atoms with Crippen molar-refractivity contribution in [3.05, 3.63) is 46.9 Å². The summed E-state index contributed by atoms with van der Waals surface area (Å²) in [4.78, 5) is 13.6. The predicted molar refractivity (Wildman–Crippen MR) is 109 cm³/mol. The average Bonchev–Trinajstić information content (AvgIpc) is 2.65. The molecule has 0 radical (unpaired) electrons. The molecular formula is C19H21BrN2O4S. The van der Waals surface area contributed by atoms with Crippen molar-refractivity contribution in [2.24, 2.45) is 0 Å². The number of halogens is 1. The van der Waals surface area contributed by atoms with Crippen molar-refractivity contribution in [3.63, 3.8) is 0 Å². The second-order valence-corrected chi connectivity index (χ2v) is 8.89. The predicted octanol–water partition coefficient (Wildman–Crippen LogP) is 3.80. The lowest BCUT2D eigenvalue weighted by Crippen LogP contribution is -2.37. The van der Waals surface area contributed by atoms with E-state index in [1.807, 2.05) is 19.1 Å². The summed E-state index contributed by atoms with van der Waals surface area (Å²) in [6.45, 7) is 4.51. The van der Waals surface area contributed by atoms with Gasteiger partial charge in [0.25, 0.3) is 10.0 Å². The molecule has 0 aliphatic carbocycles. The van der Waals surface area contributed by atoms with Crippen molar-refractivity contribution >= 4 is 43.2 Å². The van der Waals surface area contributed by atoms with E-state index in [2.05, 4.69) is 15.9 Å². The Kier molecular flexibility index (Phi) is 5.76. The van der Waals surface area contributed by atoms with Gasteiger partial charge in [-0.1, -0.05) is 19.1 Å². The largest absolute Gasteiger partial charge is 0.490 e. The van der Waals surface area contributed by atoms with E-state index in [0.29, 0.717) is 47.7 Å². The Hall–Kier alpha value is -2.06. The van der Waals surface area contributed by atoms with Crippen LogP contribution in [-0.2, 0) is 14.8 Å². The van der Waals surface area contributed by atoms with Crippen LogP contribution >= 0.6 is 15.9 Å². The molecule has 0 N–H and O–H groups in total. The number of carbonyl (C=O) groups excluding carboxylic acids is 1. The number of hydrogen-bond acceptors (Lipinski definition) is 4. The lowest BCUT2D eigenvalue weighted by Gasteiger charge is -2.30. The number of benzene rings is 2. The first-order valence-corrected chi connectivity index (χ1v) is 10.9. The summed E-state index contributed by atoms with van der Waals surface area (Å²) in [7, 11) is -3.81. The maximum atomic E-state index is 13.4. The van der Waals surface area contributed by atoms with E-state index >= 15 is 0 Å². The van der Waals surface area contributed by atoms with Crippen molar-refractivity contribution < 1.29 is 17.9 Å². The monoisotopic (exact) mass is 452 g/mol. The Balaban J connectivity index is 2.09. The van der Waals surface area contributed by atoms with Crippen molar-refractivity contribution in [3.8, 4) is 5.75 Å². The number of fused-ring (bicyclic) bond motifs is 1. The van der Waals surface area contributed by atoms with Gasteiger partial charge in [0.05, 0.1) is 22.8 Å². The van der Waals surface area contributed by atoms with Crippen LogP contribution in [0.1, 0.15) is 20.3 Å². The number of para-hydroxylation sites is 1. The Bertz CT molecular complexity index is 962. The van der Waals surface area contributed by atoms with Gasteiger partial charge in [0.15, 0.2) is 0 Å². The first kappa shape index (κ1) is 19.7. The number of amides is 1. The molecule has 1 aliphatic heterocycles. The molecule has 144 valence electrons. The molecule has 0 atom stereocenters. The Labute approximate surface area is 167 Å². The fraction of sp³-hybridized carbons (Fsp3) is 0.316. The molecule has 3 rings (SSSR count). The lowest BCUT2D eigenvalue weighted by molar-refractivity contribution is -0.116. The van der Waals surface area contributed by atoms with Crippen LogP contribution in [0.2, 0.25) is 0 Å². The fourth-order valence-corrected chi connectivity index (χ4v) is 5.25. The molecule has 2 aromatic rings. The molecule has 0 unspecified atom stereocenters. The number of carbonyl (C=O) groups is 1. The van der Waals surface area contributed by atoms with Gasteiger partial charge in [-0.25, -0.2) is 8.42 Å². The number of rotatable bonds is 5. The van der Waals surface area contributed by atoms with Crippen molar-refractivity contribution in [1.29, 1.82) is 0 Å². The number of ether oxygens (including phenoxy) is 1. The van der Waals surface area contributed by atoms with Gasteiger partial charge < -0.3 is 9.64 Å². The summed E-state index contributed by atoms with van der Waals surface area (Å²) >= 11 is 3.44. The van der Waals surface area contributed by atoms with E-state index in [9.17, 15) is 13.2 Å². The first-order chi connectivity index (χ1) is 12.9. The number of anilines is 2. The van der Waals surface area contributed by atoms with Crippen LogP contribution < -0.4 is 13.9 Å². The van der Waals surface area contributed by atoms with Crippen LogP contribution in [0, 0.1) is 0 Å². The zero-order chi connectivity index (χ0) is 19.6. The van der Waals surface area contributed by atoms with Crippen LogP contribution in [0.25, 0.3) is 0 Å². The Morgan fingerprint density at radius 1 is 1.26 bits per heavy atom. The van der Waals surface area contributed by atoms with Crippen LogP contribution in [-0.4, -0.2) is 34.0 Å². The molecule has 0 bridgehead atoms. The molecule has 0 spiro atoms. The molecule has 0 fully saturated rings. The molecule has 0 aromatic heterocycles. The van der Waals surface area contributed by atoms with E-state index in [4.69, 9.17) is 4.74 Å². The molecule has 1 amide bonds. The summed E-state index contributed by atoms with van der Waals surface area (Å²) in [5.41, 5.74) is 1.06. The highest BCUT2D eigenvalue weighted by Crippen LogP contribution is 2.36. The van der Waals surface area contributed by atoms with E-state index in [0.717, 1.165) is 0 Å². The van der Waals surface area contributed by atoms with Gasteiger partial charge >= 0.3 is 0 Å². The summed E-state index contributed by atoms with van der Waals surface area (Å²) in [6.07, 6.45) is 0.661. The summed E-state index contributed by atoms with van der Waals surface area (Å²) in [5.74, 6) is 0.364. The third-order valence-electron chi connectivity index (χ3n) is 4.31. The normalized spacial score (nSPS) is 13.7. The average molecular weight is 453 g/mol. The maximum Gasteiger partial charge on any atom is 0.264 e. The molecule has 6 nitrogen and oxygen atoms in total. The third kappa shape index (κ3) is 3.82. The van der Waals surface area contributed by atoms with E-state index in [-0.39, 0.29) is 10.8 Å². The SMILES string of the molecule is CCCN(c1ccccc1Br)S(=O)(=O)c1ccc2c(c1)N(C(C)=O)CCO2. The molecule has 0 saturated carbocycles. The highest BCUT2D eigenvalue weighted by molar-refractivity contribution is 9.10. The smallest absolute Gasteiger partial charge is 0.264 e. The first-order valence-electron chi connectivity index (χ1n) is 8.68. The van der Waals surface area contributed by atoms with E-state index in [1.54, 1.807) is 23.1 Å². The van der Waals surface area contributed by atoms with E-state index < -0.39 is 10.0 Å². The summed E-state index contributed by atoms with van der Waals surface area (Å²) in [6, 6.07) is 11.9. The van der Waals surface area contributed by atoms with Gasteiger partial charge in [-0.15, -0.1) is 0 Å². The minimum Gasteiger partial charge on any atom is -0.490 e. The van der Waals surface area contributed by atoms with Gasteiger partial charge in [0.1, 0.15) is 12.4 Å². The minimum atomic E-state index is -3.81. The zero-order valence-corrected chi connectivity index (χ0v) is 17.6. The van der Waals surface area contributed by atoms with Gasteiger partial charge in [-0.2, -0.15) is 0 Å². The molecule has 8 heteroatoms. The number of sulfonamides is 1. The van der Waals surface area contributed by atoms with Crippen molar-refractivity contribution in [1.82, 2.24) is 0 Å². The highest BCUT2D eigenvalue weighted by atomic mass is 79.9. The van der Waals surface area contributed by atoms with Crippen LogP contribution in [0.15, 0.2) is 51.8 Å². The molecule has 2 aromatic carbocycles. The van der Waals surface area contributed by atoms with Crippen LogP contribution in [0.5, 0.6) is 5.75 Å². The fourth-order valence-electron chi connectivity index (χ4n) is 3.04. The van der Waals surface area contributed by atoms with Crippen molar-refractivity contribution in [2.75, 3.05) is 28.9 Å². The zero-order valence-electron chi connectivity index (χ0n) is 15.2. The van der Waals surface area contributed by atoms with Gasteiger partial charge in [0, 0.05) is 17.9 Å². The summed E-state index contributed by atoms with van der Waals surface area (Å²) < 4.78 is 34.5. The van der Waals surface area contributed by atoms with Crippen LogP contribution in [0.4, 0.5) is 11.4 Å². The summed E-state index contributed by atoms with van der Waals surface area (Å²) in [5, 5.41) is 0. The van der Waals surface area contributed by atoms with E-state index in [1.165, 1.54) is 23.4 Å². The van der Waals surface area contributed by atoms with Crippen molar-refractivity contribution in [2.45, 2.75) is 25.2 Å². The second kappa shape index (κ2) is 7.90. The molecule has 27 heavy (non-hydrogen) atoms. The van der Waals surface area contributed by atoms with Gasteiger partial charge in [-0.05, 0) is 52.7 Å². The van der Waals surface area contributed by atoms with Gasteiger partial charge in [0.2, 0.25) is 5.91 Å². The lowest BCUT2D eigenvalue weighted by atomic mass is 10.2. The van der Waals surface area contributed by atoms with Crippen LogP contribution in [0.3, 0.4) is 0 Å². The Morgan fingerprint density at radius 2 is 2.00 bits per heavy atom. The van der Waals surface area contributed by atoms with Gasteiger partial charge in [-0.3, -0.25) is 9.10 Å². The highest BCUT2D eigenvalue weighted by Gasteiger charge is 2.29. The quantitative estimate of drug-likeness (QED) is 0.691. The molecule has 0 saturated heterocycles.